The minimum absolute atomic E-state index is 0.112. The van der Waals surface area contributed by atoms with Crippen LogP contribution in [-0.2, 0) is 4.79 Å². The van der Waals surface area contributed by atoms with Gasteiger partial charge in [0.15, 0.2) is 6.61 Å². The van der Waals surface area contributed by atoms with Crippen molar-refractivity contribution in [3.63, 3.8) is 0 Å². The maximum absolute atomic E-state index is 11.9. The van der Waals surface area contributed by atoms with Gasteiger partial charge in [-0.2, -0.15) is 5.10 Å². The Kier molecular flexibility index (Phi) is 7.50. The number of methoxy groups -OCH3 is 2. The SMILES string of the molecule is COc1ccc(OC)c(/C=N\NC(=O)COc2ccc(C3SCCS3)cc2)c1. The molecule has 0 spiro atoms. The fourth-order valence-electron chi connectivity index (χ4n) is 2.57. The van der Waals surface area contributed by atoms with E-state index in [9.17, 15) is 4.79 Å². The molecule has 148 valence electrons. The molecule has 2 aromatic rings. The number of carbonyl (C=O) groups excluding carboxylic acids is 1. The molecule has 0 saturated carbocycles. The van der Waals surface area contributed by atoms with E-state index in [0.717, 1.165) is 0 Å². The van der Waals surface area contributed by atoms with Gasteiger partial charge in [-0.15, -0.1) is 23.5 Å². The van der Waals surface area contributed by atoms with Crippen LogP contribution in [0, 0.1) is 0 Å². The number of nitrogens with one attached hydrogen (secondary N) is 1. The zero-order chi connectivity index (χ0) is 19.8. The Morgan fingerprint density at radius 3 is 2.50 bits per heavy atom. The van der Waals surface area contributed by atoms with E-state index >= 15 is 0 Å². The highest BCUT2D eigenvalue weighted by atomic mass is 32.2. The molecule has 0 bridgehead atoms. The van der Waals surface area contributed by atoms with Crippen molar-refractivity contribution in [3.05, 3.63) is 53.6 Å². The number of carbonyl (C=O) groups is 1. The Morgan fingerprint density at radius 1 is 1.11 bits per heavy atom. The Labute approximate surface area is 173 Å². The molecule has 1 N–H and O–H groups in total. The smallest absolute Gasteiger partial charge is 0.277 e. The summed E-state index contributed by atoms with van der Waals surface area (Å²) in [5, 5.41) is 3.96. The van der Waals surface area contributed by atoms with Crippen molar-refractivity contribution >= 4 is 35.6 Å². The molecule has 1 aliphatic heterocycles. The lowest BCUT2D eigenvalue weighted by molar-refractivity contribution is -0.123. The van der Waals surface area contributed by atoms with Crippen LogP contribution in [0.3, 0.4) is 0 Å². The first-order chi connectivity index (χ1) is 13.7. The third-order valence-corrected chi connectivity index (χ3v) is 7.08. The van der Waals surface area contributed by atoms with E-state index < -0.39 is 0 Å². The summed E-state index contributed by atoms with van der Waals surface area (Å²) in [7, 11) is 3.15. The van der Waals surface area contributed by atoms with Gasteiger partial charge in [0.1, 0.15) is 17.2 Å². The molecule has 0 radical (unpaired) electrons. The van der Waals surface area contributed by atoms with Gasteiger partial charge < -0.3 is 14.2 Å². The van der Waals surface area contributed by atoms with Crippen LogP contribution >= 0.6 is 23.5 Å². The van der Waals surface area contributed by atoms with Crippen molar-refractivity contribution in [2.45, 2.75) is 4.58 Å². The number of nitrogens with zero attached hydrogens (tertiary/aromatic N) is 1. The number of hydrogen-bond donors (Lipinski definition) is 1. The number of hydrazone groups is 1. The second-order valence-corrected chi connectivity index (χ2v) is 8.56. The minimum atomic E-state index is -0.343. The lowest BCUT2D eigenvalue weighted by atomic mass is 10.2. The van der Waals surface area contributed by atoms with Gasteiger partial charge >= 0.3 is 0 Å². The number of ether oxygens (including phenoxy) is 3. The van der Waals surface area contributed by atoms with Crippen molar-refractivity contribution in [1.29, 1.82) is 0 Å². The van der Waals surface area contributed by atoms with Gasteiger partial charge in [-0.1, -0.05) is 12.1 Å². The first-order valence-electron chi connectivity index (χ1n) is 8.69. The average Bonchev–Trinajstić information content (AvgIpc) is 3.27. The second-order valence-electron chi connectivity index (χ2n) is 5.83. The lowest BCUT2D eigenvalue weighted by Crippen LogP contribution is -2.24. The summed E-state index contributed by atoms with van der Waals surface area (Å²) in [6.45, 7) is -0.112. The Hall–Kier alpha value is -2.32. The van der Waals surface area contributed by atoms with E-state index in [1.165, 1.54) is 23.3 Å². The largest absolute Gasteiger partial charge is 0.497 e. The summed E-state index contributed by atoms with van der Waals surface area (Å²) < 4.78 is 16.5. The fourth-order valence-corrected chi connectivity index (χ4v) is 5.43. The number of rotatable bonds is 8. The van der Waals surface area contributed by atoms with Gasteiger partial charge in [0.2, 0.25) is 0 Å². The van der Waals surface area contributed by atoms with Gasteiger partial charge in [0.05, 0.1) is 25.0 Å². The van der Waals surface area contributed by atoms with Crippen LogP contribution in [-0.4, -0.2) is 44.5 Å². The van der Waals surface area contributed by atoms with Crippen molar-refractivity contribution in [3.8, 4) is 17.2 Å². The molecule has 1 heterocycles. The highest BCUT2D eigenvalue weighted by Crippen LogP contribution is 2.45. The first-order valence-corrected chi connectivity index (χ1v) is 10.8. The highest BCUT2D eigenvalue weighted by molar-refractivity contribution is 8.19. The zero-order valence-corrected chi connectivity index (χ0v) is 17.3. The van der Waals surface area contributed by atoms with E-state index in [0.29, 0.717) is 27.4 Å². The van der Waals surface area contributed by atoms with E-state index in [4.69, 9.17) is 14.2 Å². The molecule has 1 aliphatic rings. The maximum Gasteiger partial charge on any atom is 0.277 e. The van der Waals surface area contributed by atoms with Crippen LogP contribution in [0.2, 0.25) is 0 Å². The quantitative estimate of drug-likeness (QED) is 0.521. The molecule has 0 aromatic heterocycles. The van der Waals surface area contributed by atoms with Crippen molar-refractivity contribution in [1.82, 2.24) is 5.43 Å². The maximum atomic E-state index is 11.9. The predicted octanol–water partition coefficient (Wildman–Crippen LogP) is 3.71. The zero-order valence-electron chi connectivity index (χ0n) is 15.7. The fraction of sp³-hybridized carbons (Fsp3) is 0.300. The van der Waals surface area contributed by atoms with Crippen LogP contribution in [0.1, 0.15) is 15.7 Å². The number of hydrogen-bond acceptors (Lipinski definition) is 7. The van der Waals surface area contributed by atoms with Crippen LogP contribution in [0.5, 0.6) is 17.2 Å². The summed E-state index contributed by atoms with van der Waals surface area (Å²) in [5.74, 6) is 4.00. The molecular formula is C20H22N2O4S2. The van der Waals surface area contributed by atoms with Crippen LogP contribution in [0.15, 0.2) is 47.6 Å². The topological polar surface area (TPSA) is 69.2 Å². The second kappa shape index (κ2) is 10.3. The minimum Gasteiger partial charge on any atom is -0.497 e. The standard InChI is InChI=1S/C20H22N2O4S2/c1-24-17-7-8-18(25-2)15(11-17)12-21-22-19(23)13-26-16-5-3-14(4-6-16)20-27-9-10-28-20/h3-8,11-12,20H,9-10,13H2,1-2H3,(H,22,23)/b21-12-. The normalized spacial score (nSPS) is 14.2. The molecule has 0 aliphatic carbocycles. The van der Waals surface area contributed by atoms with Crippen molar-refractivity contribution in [2.24, 2.45) is 5.10 Å². The number of benzene rings is 2. The number of amides is 1. The molecule has 28 heavy (non-hydrogen) atoms. The van der Waals surface area contributed by atoms with E-state index in [-0.39, 0.29) is 12.5 Å². The summed E-state index contributed by atoms with van der Waals surface area (Å²) in [6.07, 6.45) is 1.50. The van der Waals surface area contributed by atoms with Crippen LogP contribution in [0.25, 0.3) is 0 Å². The molecule has 1 fully saturated rings. The molecule has 3 rings (SSSR count). The van der Waals surface area contributed by atoms with Crippen molar-refractivity contribution in [2.75, 3.05) is 32.3 Å². The van der Waals surface area contributed by atoms with E-state index in [1.54, 1.807) is 32.4 Å². The van der Waals surface area contributed by atoms with E-state index in [1.807, 2.05) is 35.7 Å². The number of thioether (sulfide) groups is 2. The van der Waals surface area contributed by atoms with Gasteiger partial charge in [-0.3, -0.25) is 4.79 Å². The van der Waals surface area contributed by atoms with E-state index in [2.05, 4.69) is 22.7 Å². The molecule has 0 atom stereocenters. The summed E-state index contributed by atoms with van der Waals surface area (Å²) in [5.41, 5.74) is 4.42. The predicted molar refractivity (Wildman–Crippen MR) is 115 cm³/mol. The van der Waals surface area contributed by atoms with Gasteiger partial charge in [0.25, 0.3) is 5.91 Å². The summed E-state index contributed by atoms with van der Waals surface area (Å²) >= 11 is 3.91. The Morgan fingerprint density at radius 2 is 1.82 bits per heavy atom. The van der Waals surface area contributed by atoms with Gasteiger partial charge in [-0.25, -0.2) is 5.43 Å². The van der Waals surface area contributed by atoms with Crippen molar-refractivity contribution < 1.29 is 19.0 Å². The summed E-state index contributed by atoms with van der Waals surface area (Å²) in [6, 6.07) is 13.2. The molecule has 0 unspecified atom stereocenters. The first kappa shape index (κ1) is 20.4. The van der Waals surface area contributed by atoms with Gasteiger partial charge in [0, 0.05) is 17.1 Å². The lowest BCUT2D eigenvalue weighted by Gasteiger charge is -2.10. The molecule has 1 amide bonds. The molecule has 2 aromatic carbocycles. The Balaban J connectivity index is 1.48. The van der Waals surface area contributed by atoms with Crippen LogP contribution < -0.4 is 19.6 Å². The molecule has 1 saturated heterocycles. The third-order valence-electron chi connectivity index (χ3n) is 3.97. The van der Waals surface area contributed by atoms with Gasteiger partial charge in [-0.05, 0) is 35.9 Å². The van der Waals surface area contributed by atoms with Crippen LogP contribution in [0.4, 0.5) is 0 Å². The molecular weight excluding hydrogens is 396 g/mol. The average molecular weight is 419 g/mol. The monoisotopic (exact) mass is 418 g/mol. The molecule has 6 nitrogen and oxygen atoms in total. The highest BCUT2D eigenvalue weighted by Gasteiger charge is 2.17. The molecule has 8 heteroatoms. The third kappa shape index (κ3) is 5.59. The Bertz CT molecular complexity index is 821. The summed E-state index contributed by atoms with van der Waals surface area (Å²) in [4.78, 5) is 11.9.